The second kappa shape index (κ2) is 8.66. The molecule has 1 nitrogen and oxygen atoms in total. The largest absolute Gasteiger partial charge is 0.295 e. The first-order chi connectivity index (χ1) is 7.15. The zero-order valence-electron chi connectivity index (χ0n) is 9.72. The lowest BCUT2D eigenvalue weighted by atomic mass is 10.1. The highest BCUT2D eigenvalue weighted by atomic mass is 79.9. The van der Waals surface area contributed by atoms with Gasteiger partial charge in [-0.3, -0.25) is 4.79 Å². The molecule has 0 aliphatic carbocycles. The summed E-state index contributed by atoms with van der Waals surface area (Å²) < 4.78 is 0. The first-order valence-corrected chi connectivity index (χ1v) is 6.43. The summed E-state index contributed by atoms with van der Waals surface area (Å²) in [6.45, 7) is 5.93. The van der Waals surface area contributed by atoms with Crippen molar-refractivity contribution in [3.63, 3.8) is 0 Å². The van der Waals surface area contributed by atoms with Crippen LogP contribution in [0.1, 0.15) is 49.5 Å². The Morgan fingerprint density at radius 1 is 1.13 bits per heavy atom. The summed E-state index contributed by atoms with van der Waals surface area (Å²) in [6.07, 6.45) is 2.64. The van der Waals surface area contributed by atoms with Crippen LogP contribution in [0, 0.1) is 0 Å². The van der Waals surface area contributed by atoms with Crippen LogP contribution >= 0.6 is 15.9 Å². The zero-order valence-corrected chi connectivity index (χ0v) is 11.3. The van der Waals surface area contributed by atoms with Gasteiger partial charge in [0.2, 0.25) is 0 Å². The first-order valence-electron chi connectivity index (χ1n) is 5.31. The molecule has 0 spiro atoms. The zero-order chi connectivity index (χ0) is 11.7. The molecule has 0 amide bonds. The third kappa shape index (κ3) is 6.45. The molecule has 1 aromatic rings. The maximum atomic E-state index is 10.8. The van der Waals surface area contributed by atoms with Gasteiger partial charge in [0.25, 0.3) is 0 Å². The maximum absolute atomic E-state index is 10.8. The summed E-state index contributed by atoms with van der Waals surface area (Å²) in [5.41, 5.74) is 1.96. The minimum atomic E-state index is 0.117. The fourth-order valence-corrected chi connectivity index (χ4v) is 1.20. The normalized spacial score (nSPS) is 9.07. The Balaban J connectivity index is 0.000000423. The lowest BCUT2D eigenvalue weighted by Gasteiger charge is -1.96. The molecule has 0 radical (unpaired) electrons. The molecule has 0 N–H and O–H groups in total. The van der Waals surface area contributed by atoms with Crippen LogP contribution in [0.15, 0.2) is 24.3 Å². The van der Waals surface area contributed by atoms with Gasteiger partial charge in [-0.1, -0.05) is 66.9 Å². The molecule has 0 bridgehead atoms. The topological polar surface area (TPSA) is 17.1 Å². The Morgan fingerprint density at radius 3 is 1.87 bits per heavy atom. The number of hydrogen-bond acceptors (Lipinski definition) is 1. The predicted molar refractivity (Wildman–Crippen MR) is 69.7 cm³/mol. The number of benzene rings is 1. The molecule has 1 aromatic carbocycles. The SMILES string of the molecule is CC(=O)c1ccc(CBr)cc1.CCCC. The van der Waals surface area contributed by atoms with Crippen molar-refractivity contribution in [3.05, 3.63) is 35.4 Å². The molecule has 0 aromatic heterocycles. The molecule has 1 rings (SSSR count). The van der Waals surface area contributed by atoms with E-state index >= 15 is 0 Å². The minimum Gasteiger partial charge on any atom is -0.295 e. The van der Waals surface area contributed by atoms with Crippen LogP contribution in [0.5, 0.6) is 0 Å². The first kappa shape index (κ1) is 14.4. The van der Waals surface area contributed by atoms with Crippen LogP contribution in [0.4, 0.5) is 0 Å². The van der Waals surface area contributed by atoms with E-state index in [1.165, 1.54) is 18.4 Å². The van der Waals surface area contributed by atoms with Crippen LogP contribution in [0.25, 0.3) is 0 Å². The van der Waals surface area contributed by atoms with Gasteiger partial charge in [-0.25, -0.2) is 0 Å². The van der Waals surface area contributed by atoms with Crippen molar-refractivity contribution in [3.8, 4) is 0 Å². The van der Waals surface area contributed by atoms with Gasteiger partial charge in [-0.05, 0) is 12.5 Å². The van der Waals surface area contributed by atoms with E-state index in [0.717, 1.165) is 10.9 Å². The van der Waals surface area contributed by atoms with E-state index in [1.807, 2.05) is 24.3 Å². The summed E-state index contributed by atoms with van der Waals surface area (Å²) in [7, 11) is 0. The Kier molecular flexibility index (Phi) is 8.30. The molecule has 84 valence electrons. The fraction of sp³-hybridized carbons (Fsp3) is 0.462. The molecule has 0 saturated heterocycles. The van der Waals surface area contributed by atoms with Gasteiger partial charge in [-0.2, -0.15) is 0 Å². The van der Waals surface area contributed by atoms with E-state index in [2.05, 4.69) is 29.8 Å². The van der Waals surface area contributed by atoms with Gasteiger partial charge in [-0.15, -0.1) is 0 Å². The summed E-state index contributed by atoms with van der Waals surface area (Å²) in [4.78, 5) is 10.8. The second-order valence-electron chi connectivity index (χ2n) is 3.39. The molecule has 0 atom stereocenters. The van der Waals surface area contributed by atoms with Crippen LogP contribution in [0.2, 0.25) is 0 Å². The Labute approximate surface area is 101 Å². The highest BCUT2D eigenvalue weighted by Gasteiger charge is 1.96. The van der Waals surface area contributed by atoms with Crippen molar-refractivity contribution in [2.45, 2.75) is 38.9 Å². The number of carbonyl (C=O) groups excluding carboxylic acids is 1. The smallest absolute Gasteiger partial charge is 0.159 e. The summed E-state index contributed by atoms with van der Waals surface area (Å²) in [6, 6.07) is 7.59. The average Bonchev–Trinajstić information content (AvgIpc) is 2.29. The van der Waals surface area contributed by atoms with E-state index in [9.17, 15) is 4.79 Å². The number of halogens is 1. The third-order valence-corrected chi connectivity index (χ3v) is 2.66. The van der Waals surface area contributed by atoms with Crippen molar-refractivity contribution in [1.29, 1.82) is 0 Å². The van der Waals surface area contributed by atoms with Gasteiger partial charge < -0.3 is 0 Å². The minimum absolute atomic E-state index is 0.117. The fourth-order valence-electron chi connectivity index (χ4n) is 0.829. The van der Waals surface area contributed by atoms with E-state index in [-0.39, 0.29) is 5.78 Å². The molecule has 2 heteroatoms. The standard InChI is InChI=1S/C9H9BrO.C4H10/c1-7(11)9-4-2-8(6-10)3-5-9;1-3-4-2/h2-5H,6H2,1H3;3-4H2,1-2H3. The molecule has 0 saturated carbocycles. The van der Waals surface area contributed by atoms with Gasteiger partial charge in [0, 0.05) is 10.9 Å². The van der Waals surface area contributed by atoms with Crippen molar-refractivity contribution < 1.29 is 4.79 Å². The number of alkyl halides is 1. The highest BCUT2D eigenvalue weighted by Crippen LogP contribution is 2.07. The Bertz CT molecular complexity index is 275. The second-order valence-corrected chi connectivity index (χ2v) is 3.95. The van der Waals surface area contributed by atoms with Gasteiger partial charge >= 0.3 is 0 Å². The number of rotatable bonds is 3. The van der Waals surface area contributed by atoms with E-state index in [1.54, 1.807) is 6.92 Å². The molecule has 0 aliphatic heterocycles. The number of hydrogen-bond donors (Lipinski definition) is 0. The maximum Gasteiger partial charge on any atom is 0.159 e. The van der Waals surface area contributed by atoms with Crippen molar-refractivity contribution >= 4 is 21.7 Å². The highest BCUT2D eigenvalue weighted by molar-refractivity contribution is 9.08. The van der Waals surface area contributed by atoms with E-state index in [4.69, 9.17) is 0 Å². The third-order valence-electron chi connectivity index (χ3n) is 2.01. The average molecular weight is 271 g/mol. The van der Waals surface area contributed by atoms with E-state index in [0.29, 0.717) is 0 Å². The number of Topliss-reactive ketones (excluding diaryl/α,β-unsaturated/α-hetero) is 1. The molecule has 15 heavy (non-hydrogen) atoms. The molecule has 0 heterocycles. The number of ketones is 1. The van der Waals surface area contributed by atoms with Crippen molar-refractivity contribution in [1.82, 2.24) is 0 Å². The molecule has 0 unspecified atom stereocenters. The lowest BCUT2D eigenvalue weighted by Crippen LogP contribution is -1.90. The van der Waals surface area contributed by atoms with Crippen LogP contribution in [-0.2, 0) is 5.33 Å². The Hall–Kier alpha value is -0.630. The summed E-state index contributed by atoms with van der Waals surface area (Å²) >= 11 is 3.33. The van der Waals surface area contributed by atoms with Gasteiger partial charge in [0.15, 0.2) is 5.78 Å². The van der Waals surface area contributed by atoms with Crippen molar-refractivity contribution in [2.24, 2.45) is 0 Å². The molecule has 0 fully saturated rings. The Morgan fingerprint density at radius 2 is 1.60 bits per heavy atom. The summed E-state index contributed by atoms with van der Waals surface area (Å²) in [5, 5.41) is 0.838. The number of carbonyl (C=O) groups is 1. The van der Waals surface area contributed by atoms with Crippen LogP contribution in [0.3, 0.4) is 0 Å². The monoisotopic (exact) mass is 270 g/mol. The lowest BCUT2D eigenvalue weighted by molar-refractivity contribution is 0.101. The van der Waals surface area contributed by atoms with Crippen LogP contribution < -0.4 is 0 Å². The quantitative estimate of drug-likeness (QED) is 0.580. The van der Waals surface area contributed by atoms with Crippen molar-refractivity contribution in [2.75, 3.05) is 0 Å². The van der Waals surface area contributed by atoms with Gasteiger partial charge in [0.1, 0.15) is 0 Å². The molecular weight excluding hydrogens is 252 g/mol. The number of unbranched alkanes of at least 4 members (excludes halogenated alkanes) is 1. The van der Waals surface area contributed by atoms with Crippen LogP contribution in [-0.4, -0.2) is 5.78 Å². The molecule has 0 aliphatic rings. The predicted octanol–water partition coefficient (Wildman–Crippen LogP) is 4.59. The van der Waals surface area contributed by atoms with Gasteiger partial charge in [0.05, 0.1) is 0 Å². The van der Waals surface area contributed by atoms with E-state index < -0.39 is 0 Å². The summed E-state index contributed by atoms with van der Waals surface area (Å²) in [5.74, 6) is 0.117. The molecular formula is C13H19BrO.